The molecule has 0 atom stereocenters. The van der Waals surface area contributed by atoms with Gasteiger partial charge >= 0.3 is 0 Å². The monoisotopic (exact) mass is 441 g/mol. The highest BCUT2D eigenvalue weighted by molar-refractivity contribution is 9.10. The number of aromatic nitrogens is 2. The fraction of sp³-hybridized carbons (Fsp3) is 0.100. The molecule has 0 saturated heterocycles. The molecule has 0 fully saturated rings. The Morgan fingerprint density at radius 2 is 1.93 bits per heavy atom. The first-order valence-corrected chi connectivity index (χ1v) is 9.87. The van der Waals surface area contributed by atoms with Gasteiger partial charge in [0.15, 0.2) is 0 Å². The van der Waals surface area contributed by atoms with E-state index in [1.807, 2.05) is 66.2 Å². The third-order valence-electron chi connectivity index (χ3n) is 4.19. The molecule has 7 heteroatoms. The molecule has 27 heavy (non-hydrogen) atoms. The molecule has 1 amide bonds. The van der Waals surface area contributed by atoms with Gasteiger partial charge in [-0.05, 0) is 49.4 Å². The third-order valence-corrected chi connectivity index (χ3v) is 5.83. The molecule has 4 rings (SSSR count). The van der Waals surface area contributed by atoms with Crippen LogP contribution in [0.2, 0.25) is 0 Å². The predicted octanol–water partition coefficient (Wildman–Crippen LogP) is 5.42. The molecular formula is C20H16BrN3O2S. The van der Waals surface area contributed by atoms with Gasteiger partial charge in [-0.25, -0.2) is 4.68 Å². The summed E-state index contributed by atoms with van der Waals surface area (Å²) in [5.74, 6) is 0.464. The second-order valence-corrected chi connectivity index (χ2v) is 7.90. The molecular weight excluding hydrogens is 426 g/mol. The summed E-state index contributed by atoms with van der Waals surface area (Å²) >= 11 is 4.87. The zero-order valence-electron chi connectivity index (χ0n) is 14.7. The molecule has 0 bridgehead atoms. The van der Waals surface area contributed by atoms with Gasteiger partial charge in [0, 0.05) is 9.86 Å². The number of carbonyl (C=O) groups excluding carboxylic acids is 1. The minimum atomic E-state index is -0.164. The van der Waals surface area contributed by atoms with Crippen molar-refractivity contribution in [3.05, 3.63) is 69.6 Å². The minimum absolute atomic E-state index is 0.164. The molecule has 136 valence electrons. The van der Waals surface area contributed by atoms with Gasteiger partial charge in [0.25, 0.3) is 5.91 Å². The quantitative estimate of drug-likeness (QED) is 0.459. The Balaban J connectivity index is 1.70. The van der Waals surface area contributed by atoms with Crippen LogP contribution in [0.5, 0.6) is 5.75 Å². The Hall–Kier alpha value is -2.64. The van der Waals surface area contributed by atoms with Gasteiger partial charge in [-0.3, -0.25) is 4.79 Å². The number of thiophene rings is 1. The van der Waals surface area contributed by atoms with Crippen molar-refractivity contribution < 1.29 is 9.53 Å². The maximum absolute atomic E-state index is 12.8. The number of hydrogen-bond donors (Lipinski definition) is 1. The molecule has 2 aromatic carbocycles. The number of benzene rings is 2. The van der Waals surface area contributed by atoms with Crippen LogP contribution in [0.15, 0.2) is 59.1 Å². The molecule has 0 spiro atoms. The summed E-state index contributed by atoms with van der Waals surface area (Å²) in [5.41, 5.74) is 2.49. The molecule has 5 nitrogen and oxygen atoms in total. The molecule has 1 N–H and O–H groups in total. The maximum Gasteiger partial charge on any atom is 0.265 e. The first kappa shape index (κ1) is 17.8. The Morgan fingerprint density at radius 1 is 1.19 bits per heavy atom. The van der Waals surface area contributed by atoms with E-state index in [0.29, 0.717) is 16.3 Å². The van der Waals surface area contributed by atoms with Crippen molar-refractivity contribution in [3.8, 4) is 11.4 Å². The van der Waals surface area contributed by atoms with Gasteiger partial charge < -0.3 is 10.1 Å². The number of para-hydroxylation sites is 2. The SMILES string of the molecule is COc1ccccc1NC(=O)c1cc2c(C)nn(-c3ccc(Br)cc3)c2s1. The number of rotatable bonds is 4. The van der Waals surface area contributed by atoms with E-state index < -0.39 is 0 Å². The predicted molar refractivity (Wildman–Crippen MR) is 112 cm³/mol. The van der Waals surface area contributed by atoms with Crippen LogP contribution in [0.4, 0.5) is 5.69 Å². The minimum Gasteiger partial charge on any atom is -0.495 e. The first-order valence-electron chi connectivity index (χ1n) is 8.26. The van der Waals surface area contributed by atoms with Crippen LogP contribution in [-0.4, -0.2) is 22.8 Å². The number of nitrogens with zero attached hydrogens (tertiary/aromatic N) is 2. The summed E-state index contributed by atoms with van der Waals surface area (Å²) in [5, 5.41) is 8.53. The average Bonchev–Trinajstić information content (AvgIpc) is 3.24. The van der Waals surface area contributed by atoms with Crippen LogP contribution in [0.3, 0.4) is 0 Å². The molecule has 0 saturated carbocycles. The summed E-state index contributed by atoms with van der Waals surface area (Å²) in [6.45, 7) is 1.95. The van der Waals surface area contributed by atoms with Crippen LogP contribution in [0.1, 0.15) is 15.4 Å². The van der Waals surface area contributed by atoms with Crippen LogP contribution >= 0.6 is 27.3 Å². The molecule has 0 unspecified atom stereocenters. The lowest BCUT2D eigenvalue weighted by atomic mass is 10.2. The third kappa shape index (κ3) is 3.36. The van der Waals surface area contributed by atoms with E-state index >= 15 is 0 Å². The topological polar surface area (TPSA) is 56.1 Å². The Labute approximate surface area is 168 Å². The summed E-state index contributed by atoms with van der Waals surface area (Å²) in [6, 6.07) is 17.2. The maximum atomic E-state index is 12.8. The van der Waals surface area contributed by atoms with Crippen LogP contribution in [-0.2, 0) is 0 Å². The van der Waals surface area contributed by atoms with Gasteiger partial charge in [0.05, 0.1) is 29.1 Å². The lowest BCUT2D eigenvalue weighted by Gasteiger charge is -2.08. The van der Waals surface area contributed by atoms with E-state index in [9.17, 15) is 4.79 Å². The number of anilines is 1. The highest BCUT2D eigenvalue weighted by Crippen LogP contribution is 2.32. The summed E-state index contributed by atoms with van der Waals surface area (Å²) in [7, 11) is 1.58. The molecule has 0 aliphatic carbocycles. The number of ether oxygens (including phenoxy) is 1. The summed E-state index contributed by atoms with van der Waals surface area (Å²) < 4.78 is 8.19. The van der Waals surface area contributed by atoms with Crippen molar-refractivity contribution >= 4 is 49.1 Å². The zero-order chi connectivity index (χ0) is 19.0. The van der Waals surface area contributed by atoms with Crippen molar-refractivity contribution in [3.63, 3.8) is 0 Å². The molecule has 2 heterocycles. The van der Waals surface area contributed by atoms with E-state index in [2.05, 4.69) is 26.3 Å². The van der Waals surface area contributed by atoms with Crippen LogP contribution < -0.4 is 10.1 Å². The summed E-state index contributed by atoms with van der Waals surface area (Å²) in [6.07, 6.45) is 0. The second kappa shape index (κ2) is 7.17. The lowest BCUT2D eigenvalue weighted by molar-refractivity contribution is 0.103. The normalized spacial score (nSPS) is 10.9. The van der Waals surface area contributed by atoms with Crippen molar-refractivity contribution in [1.82, 2.24) is 9.78 Å². The molecule has 0 radical (unpaired) electrons. The van der Waals surface area contributed by atoms with E-state index in [1.165, 1.54) is 11.3 Å². The molecule has 0 aliphatic heterocycles. The smallest absolute Gasteiger partial charge is 0.265 e. The number of methoxy groups -OCH3 is 1. The van der Waals surface area contributed by atoms with Crippen LogP contribution in [0, 0.1) is 6.92 Å². The number of fused-ring (bicyclic) bond motifs is 1. The highest BCUT2D eigenvalue weighted by Gasteiger charge is 2.18. The van der Waals surface area contributed by atoms with Crippen molar-refractivity contribution in [2.75, 3.05) is 12.4 Å². The Bertz CT molecular complexity index is 1130. The van der Waals surface area contributed by atoms with Crippen LogP contribution in [0.25, 0.3) is 15.9 Å². The van der Waals surface area contributed by atoms with Crippen molar-refractivity contribution in [1.29, 1.82) is 0 Å². The zero-order valence-corrected chi connectivity index (χ0v) is 17.1. The van der Waals surface area contributed by atoms with Gasteiger partial charge in [-0.1, -0.05) is 28.1 Å². The fourth-order valence-corrected chi connectivity index (χ4v) is 4.19. The molecule has 4 aromatic rings. The Kier molecular flexibility index (Phi) is 4.72. The number of amides is 1. The van der Waals surface area contributed by atoms with Crippen molar-refractivity contribution in [2.24, 2.45) is 0 Å². The number of aryl methyl sites for hydroxylation is 1. The molecule has 0 aliphatic rings. The standard InChI is InChI=1S/C20H16BrN3O2S/c1-12-15-11-18(19(25)22-16-5-3-4-6-17(16)26-2)27-20(15)24(23-12)14-9-7-13(21)8-10-14/h3-11H,1-2H3,(H,22,25). The average molecular weight is 442 g/mol. The van der Waals surface area contributed by atoms with Gasteiger partial charge in [0.1, 0.15) is 10.6 Å². The molecule has 2 aromatic heterocycles. The largest absolute Gasteiger partial charge is 0.495 e. The van der Waals surface area contributed by atoms with Gasteiger partial charge in [0.2, 0.25) is 0 Å². The lowest BCUT2D eigenvalue weighted by Crippen LogP contribution is -2.11. The van der Waals surface area contributed by atoms with E-state index in [0.717, 1.165) is 26.1 Å². The Morgan fingerprint density at radius 3 is 2.67 bits per heavy atom. The van der Waals surface area contributed by atoms with E-state index in [-0.39, 0.29) is 5.91 Å². The number of carbonyl (C=O) groups is 1. The first-order chi connectivity index (χ1) is 13.1. The highest BCUT2D eigenvalue weighted by atomic mass is 79.9. The number of nitrogens with one attached hydrogen (secondary N) is 1. The van der Waals surface area contributed by atoms with E-state index in [4.69, 9.17) is 4.74 Å². The fourth-order valence-electron chi connectivity index (χ4n) is 2.85. The van der Waals surface area contributed by atoms with Gasteiger partial charge in [-0.15, -0.1) is 11.3 Å². The number of hydrogen-bond acceptors (Lipinski definition) is 4. The summed E-state index contributed by atoms with van der Waals surface area (Å²) in [4.78, 5) is 14.3. The van der Waals surface area contributed by atoms with E-state index in [1.54, 1.807) is 7.11 Å². The number of halogens is 1. The van der Waals surface area contributed by atoms with Gasteiger partial charge in [-0.2, -0.15) is 5.10 Å². The second-order valence-electron chi connectivity index (χ2n) is 5.96. The van der Waals surface area contributed by atoms with Crippen molar-refractivity contribution in [2.45, 2.75) is 6.92 Å².